The molecule has 1 unspecified atom stereocenters. The number of piperidine rings is 1. The number of carbonyl (C=O) groups excluding carboxylic acids is 1. The van der Waals surface area contributed by atoms with Gasteiger partial charge < -0.3 is 9.32 Å². The van der Waals surface area contributed by atoms with Crippen LogP contribution >= 0.6 is 0 Å². The molecule has 10 nitrogen and oxygen atoms in total. The maximum absolute atomic E-state index is 14.8. The number of aromatic amines is 1. The highest BCUT2D eigenvalue weighted by atomic mass is 32.2. The van der Waals surface area contributed by atoms with Crippen molar-refractivity contribution in [2.24, 2.45) is 0 Å². The third kappa shape index (κ3) is 5.33. The summed E-state index contributed by atoms with van der Waals surface area (Å²) in [6, 6.07) is 1.81. The van der Waals surface area contributed by atoms with Crippen molar-refractivity contribution >= 4 is 16.1 Å². The van der Waals surface area contributed by atoms with Gasteiger partial charge in [-0.25, -0.2) is 14.3 Å². The smallest absolute Gasteiger partial charge is 0.391 e. The second-order valence-electron chi connectivity index (χ2n) is 8.50. The van der Waals surface area contributed by atoms with Gasteiger partial charge in [0.1, 0.15) is 11.9 Å². The summed E-state index contributed by atoms with van der Waals surface area (Å²) < 4.78 is 50.2. The third-order valence-corrected chi connectivity index (χ3v) is 8.09. The van der Waals surface area contributed by atoms with Gasteiger partial charge in [0.25, 0.3) is 10.2 Å². The number of aromatic nitrogens is 2. The molecular weight excluding hydrogens is 453 g/mol. The summed E-state index contributed by atoms with van der Waals surface area (Å²) in [4.78, 5) is 24.8. The summed E-state index contributed by atoms with van der Waals surface area (Å²) in [6.45, 7) is 7.14. The molecule has 2 heterocycles. The zero-order valence-electron chi connectivity index (χ0n) is 19.4. The molecule has 1 aliphatic heterocycles. The Hall–Kier alpha value is -2.57. The van der Waals surface area contributed by atoms with Gasteiger partial charge in [0.2, 0.25) is 11.8 Å². The lowest BCUT2D eigenvalue weighted by Crippen LogP contribution is -2.50. The maximum atomic E-state index is 14.8. The minimum atomic E-state index is -4.04. The van der Waals surface area contributed by atoms with Crippen molar-refractivity contribution in [3.63, 3.8) is 0 Å². The van der Waals surface area contributed by atoms with E-state index in [9.17, 15) is 22.4 Å². The van der Waals surface area contributed by atoms with E-state index in [4.69, 9.17) is 4.42 Å². The predicted molar refractivity (Wildman–Crippen MR) is 119 cm³/mol. The number of halogens is 1. The Morgan fingerprint density at radius 2 is 1.97 bits per heavy atom. The molecule has 1 fully saturated rings. The number of H-pyrrole nitrogens is 1. The van der Waals surface area contributed by atoms with Crippen LogP contribution in [0.3, 0.4) is 0 Å². The van der Waals surface area contributed by atoms with E-state index in [1.807, 2.05) is 6.92 Å². The highest BCUT2D eigenvalue weighted by molar-refractivity contribution is 7.87. The number of benzene rings is 1. The molecular formula is C21H30FN5O5S. The fourth-order valence-corrected chi connectivity index (χ4v) is 5.70. The number of carbonyl (C=O) groups is 1. The van der Waals surface area contributed by atoms with E-state index in [0.717, 1.165) is 5.56 Å². The van der Waals surface area contributed by atoms with E-state index in [0.29, 0.717) is 24.0 Å². The molecule has 0 bridgehead atoms. The summed E-state index contributed by atoms with van der Waals surface area (Å²) in [5.41, 5.74) is 1.84. The molecule has 0 radical (unpaired) electrons. The Balaban J connectivity index is 1.88. The van der Waals surface area contributed by atoms with Crippen LogP contribution in [0, 0.1) is 19.7 Å². The van der Waals surface area contributed by atoms with Gasteiger partial charge in [-0.05, 0) is 49.4 Å². The van der Waals surface area contributed by atoms with Gasteiger partial charge in [0.15, 0.2) is 0 Å². The topological polar surface area (TPSA) is 129 Å². The van der Waals surface area contributed by atoms with E-state index in [1.54, 1.807) is 31.9 Å². The largest absolute Gasteiger partial charge is 0.434 e. The van der Waals surface area contributed by atoms with Crippen molar-refractivity contribution in [2.75, 3.05) is 20.1 Å². The standard InChI is InChI=1S/C21H30FN5O5S/c1-12-6-7-17(22)18(13(12)2)14(3)19(20-23-24-21(29)32-20)25-33(30,31)27-10-8-16(9-11-27)26(5)15(4)28/h6-7,14,16,19,25H,8-11H2,1-5H3,(H,24,29)/t14?,19-/m0/s1. The molecule has 1 aromatic heterocycles. The van der Waals surface area contributed by atoms with Gasteiger partial charge in [-0.3, -0.25) is 4.79 Å². The van der Waals surface area contributed by atoms with Crippen molar-refractivity contribution < 1.29 is 22.0 Å². The SMILES string of the molecule is CC(=O)N(C)C1CCN(S(=O)(=O)N[C@H](c2n[nH]c(=O)o2)C(C)c2c(F)ccc(C)c2C)CC1. The highest BCUT2D eigenvalue weighted by Crippen LogP contribution is 2.35. The van der Waals surface area contributed by atoms with Crippen molar-refractivity contribution in [1.29, 1.82) is 0 Å². The molecule has 1 aromatic carbocycles. The van der Waals surface area contributed by atoms with Gasteiger partial charge in [-0.15, -0.1) is 5.10 Å². The molecule has 182 valence electrons. The van der Waals surface area contributed by atoms with E-state index in [2.05, 4.69) is 14.9 Å². The second kappa shape index (κ2) is 9.74. The molecule has 12 heteroatoms. The second-order valence-corrected chi connectivity index (χ2v) is 10.2. The number of nitrogens with zero attached hydrogens (tertiary/aromatic N) is 3. The Kier molecular flexibility index (Phi) is 7.39. The number of rotatable bonds is 7. The molecule has 1 saturated heterocycles. The first kappa shape index (κ1) is 25.1. The van der Waals surface area contributed by atoms with E-state index in [-0.39, 0.29) is 30.9 Å². The normalized spacial score (nSPS) is 17.6. The number of nitrogens with one attached hydrogen (secondary N) is 2. The fraction of sp³-hybridized carbons (Fsp3) is 0.571. The van der Waals surface area contributed by atoms with Crippen molar-refractivity contribution in [3.8, 4) is 0 Å². The first-order chi connectivity index (χ1) is 15.4. The Morgan fingerprint density at radius 1 is 1.33 bits per heavy atom. The van der Waals surface area contributed by atoms with Crippen LogP contribution in [-0.2, 0) is 15.0 Å². The molecule has 2 atom stereocenters. The van der Waals surface area contributed by atoms with Gasteiger partial charge >= 0.3 is 5.76 Å². The van der Waals surface area contributed by atoms with E-state index >= 15 is 0 Å². The lowest BCUT2D eigenvalue weighted by molar-refractivity contribution is -0.130. The van der Waals surface area contributed by atoms with Crippen LogP contribution in [0.15, 0.2) is 21.3 Å². The number of hydrogen-bond acceptors (Lipinski definition) is 6. The Labute approximate surface area is 192 Å². The summed E-state index contributed by atoms with van der Waals surface area (Å²) in [5, 5.41) is 5.95. The lowest BCUT2D eigenvalue weighted by atomic mass is 9.88. The molecule has 1 aliphatic rings. The van der Waals surface area contributed by atoms with Gasteiger partial charge in [-0.1, -0.05) is 13.0 Å². The molecule has 2 aromatic rings. The molecule has 33 heavy (non-hydrogen) atoms. The van der Waals surface area contributed by atoms with Crippen LogP contribution in [0.1, 0.15) is 61.2 Å². The summed E-state index contributed by atoms with van der Waals surface area (Å²) in [7, 11) is -2.34. The average molecular weight is 484 g/mol. The van der Waals surface area contributed by atoms with Gasteiger partial charge in [0, 0.05) is 39.0 Å². The van der Waals surface area contributed by atoms with E-state index < -0.39 is 33.7 Å². The number of aryl methyl sites for hydroxylation is 1. The van der Waals surface area contributed by atoms with Crippen LogP contribution in [-0.4, -0.2) is 59.9 Å². The fourth-order valence-electron chi connectivity index (χ4n) is 4.23. The van der Waals surface area contributed by atoms with Crippen LogP contribution in [0.25, 0.3) is 0 Å². The molecule has 2 N–H and O–H groups in total. The Bertz CT molecular complexity index is 1170. The molecule has 3 rings (SSSR count). The molecule has 1 amide bonds. The van der Waals surface area contributed by atoms with Crippen LogP contribution in [0.2, 0.25) is 0 Å². The quantitative estimate of drug-likeness (QED) is 0.617. The van der Waals surface area contributed by atoms with Crippen molar-refractivity contribution in [3.05, 3.63) is 51.1 Å². The maximum Gasteiger partial charge on any atom is 0.434 e. The van der Waals surface area contributed by atoms with Gasteiger partial charge in [-0.2, -0.15) is 17.4 Å². The van der Waals surface area contributed by atoms with Crippen LogP contribution in [0.5, 0.6) is 0 Å². The Morgan fingerprint density at radius 3 is 2.52 bits per heavy atom. The first-order valence-electron chi connectivity index (χ1n) is 10.7. The van der Waals surface area contributed by atoms with Crippen LogP contribution < -0.4 is 10.5 Å². The third-order valence-electron chi connectivity index (χ3n) is 6.49. The predicted octanol–water partition coefficient (Wildman–Crippen LogP) is 1.74. The zero-order valence-corrected chi connectivity index (χ0v) is 20.2. The number of amides is 1. The first-order valence-corrected chi connectivity index (χ1v) is 12.2. The number of hydrogen-bond donors (Lipinski definition) is 2. The summed E-state index contributed by atoms with van der Waals surface area (Å²) >= 11 is 0. The minimum Gasteiger partial charge on any atom is -0.391 e. The highest BCUT2D eigenvalue weighted by Gasteiger charge is 2.37. The summed E-state index contributed by atoms with van der Waals surface area (Å²) in [6.07, 6.45) is 0.973. The van der Waals surface area contributed by atoms with Crippen molar-refractivity contribution in [2.45, 2.75) is 58.5 Å². The van der Waals surface area contributed by atoms with E-state index in [1.165, 1.54) is 17.3 Å². The summed E-state index contributed by atoms with van der Waals surface area (Å²) in [5.74, 6) is -2.31. The molecule has 0 aliphatic carbocycles. The van der Waals surface area contributed by atoms with Crippen molar-refractivity contribution in [1.82, 2.24) is 24.1 Å². The molecule has 0 spiro atoms. The zero-order chi connectivity index (χ0) is 24.5. The minimum absolute atomic E-state index is 0.0444. The van der Waals surface area contributed by atoms with Crippen LogP contribution in [0.4, 0.5) is 4.39 Å². The molecule has 0 saturated carbocycles. The van der Waals surface area contributed by atoms with Gasteiger partial charge in [0.05, 0.1) is 0 Å². The average Bonchev–Trinajstić information content (AvgIpc) is 3.20. The monoisotopic (exact) mass is 483 g/mol. The lowest BCUT2D eigenvalue weighted by Gasteiger charge is -2.36.